The summed E-state index contributed by atoms with van der Waals surface area (Å²) in [7, 11) is 0. The molecule has 1 aliphatic carbocycles. The van der Waals surface area contributed by atoms with Gasteiger partial charge in [0.05, 0.1) is 6.61 Å². The normalized spacial score (nSPS) is 14.7. The van der Waals surface area contributed by atoms with E-state index in [4.69, 9.17) is 4.74 Å². The summed E-state index contributed by atoms with van der Waals surface area (Å²) in [5.41, 5.74) is 2.67. The summed E-state index contributed by atoms with van der Waals surface area (Å²) < 4.78 is 5.88. The van der Waals surface area contributed by atoms with Crippen LogP contribution in [0, 0.1) is 0 Å². The third-order valence-electron chi connectivity index (χ3n) is 3.52. The van der Waals surface area contributed by atoms with E-state index >= 15 is 0 Å². The van der Waals surface area contributed by atoms with Gasteiger partial charge in [0, 0.05) is 11.0 Å². The van der Waals surface area contributed by atoms with Gasteiger partial charge in [-0.2, -0.15) is 0 Å². The second-order valence-electron chi connectivity index (χ2n) is 5.27. The molecule has 0 amide bonds. The Kier molecular flexibility index (Phi) is 3.90. The predicted octanol–water partition coefficient (Wildman–Crippen LogP) is 4.64. The van der Waals surface area contributed by atoms with E-state index in [0.29, 0.717) is 0 Å². The van der Waals surface area contributed by atoms with Crippen LogP contribution < -0.4 is 4.74 Å². The maximum atomic E-state index is 5.88. The molecule has 0 N–H and O–H groups in total. The molecule has 2 rings (SSSR count). The van der Waals surface area contributed by atoms with Gasteiger partial charge < -0.3 is 4.74 Å². The van der Waals surface area contributed by atoms with Gasteiger partial charge in [0.15, 0.2) is 0 Å². The van der Waals surface area contributed by atoms with Crippen molar-refractivity contribution in [3.63, 3.8) is 0 Å². The standard InChI is InChI=1S/C17H22O/c1-4-13-18-16-12-8-7-11-15(16)17(2,3)14-9-5-6-10-14/h5,7-12H,4,6,13H2,1-3H3. The Morgan fingerprint density at radius 1 is 1.22 bits per heavy atom. The molecule has 96 valence electrons. The van der Waals surface area contributed by atoms with Crippen molar-refractivity contribution >= 4 is 0 Å². The summed E-state index contributed by atoms with van der Waals surface area (Å²) in [6, 6.07) is 8.39. The first-order chi connectivity index (χ1) is 8.66. The van der Waals surface area contributed by atoms with Crippen LogP contribution in [0.25, 0.3) is 0 Å². The van der Waals surface area contributed by atoms with E-state index in [-0.39, 0.29) is 5.41 Å². The lowest BCUT2D eigenvalue weighted by Gasteiger charge is -2.28. The fourth-order valence-corrected chi connectivity index (χ4v) is 2.40. The molecule has 1 aromatic rings. The van der Waals surface area contributed by atoms with E-state index in [9.17, 15) is 0 Å². The van der Waals surface area contributed by atoms with Crippen LogP contribution >= 0.6 is 0 Å². The molecule has 1 aliphatic rings. The van der Waals surface area contributed by atoms with E-state index < -0.39 is 0 Å². The minimum absolute atomic E-state index is 0.0112. The zero-order valence-electron chi connectivity index (χ0n) is 11.6. The summed E-state index contributed by atoms with van der Waals surface area (Å²) in [5, 5.41) is 0. The summed E-state index contributed by atoms with van der Waals surface area (Å²) in [5.74, 6) is 1.02. The number of benzene rings is 1. The smallest absolute Gasteiger partial charge is 0.123 e. The number of hydrogen-bond donors (Lipinski definition) is 0. The number of hydrogen-bond acceptors (Lipinski definition) is 1. The first-order valence-corrected chi connectivity index (χ1v) is 6.75. The lowest BCUT2D eigenvalue weighted by atomic mass is 9.77. The quantitative estimate of drug-likeness (QED) is 0.731. The van der Waals surface area contributed by atoms with Gasteiger partial charge in [-0.25, -0.2) is 0 Å². The Morgan fingerprint density at radius 3 is 2.67 bits per heavy atom. The van der Waals surface area contributed by atoms with Crippen LogP contribution in [0.15, 0.2) is 48.1 Å². The molecule has 1 nitrogen and oxygen atoms in total. The van der Waals surface area contributed by atoms with Gasteiger partial charge in [0.1, 0.15) is 5.75 Å². The average molecular weight is 242 g/mol. The molecular formula is C17H22O. The van der Waals surface area contributed by atoms with Crippen molar-refractivity contribution in [2.24, 2.45) is 0 Å². The molecule has 0 fully saturated rings. The molecular weight excluding hydrogens is 220 g/mol. The minimum atomic E-state index is 0.0112. The Balaban J connectivity index is 2.34. The van der Waals surface area contributed by atoms with E-state index in [1.54, 1.807) is 0 Å². The maximum absolute atomic E-state index is 5.88. The zero-order chi connectivity index (χ0) is 13.0. The largest absolute Gasteiger partial charge is 0.493 e. The van der Waals surface area contributed by atoms with Crippen LogP contribution in [0.3, 0.4) is 0 Å². The van der Waals surface area contributed by atoms with Crippen molar-refractivity contribution in [1.82, 2.24) is 0 Å². The molecule has 1 aromatic carbocycles. The molecule has 18 heavy (non-hydrogen) atoms. The van der Waals surface area contributed by atoms with Crippen molar-refractivity contribution in [3.05, 3.63) is 53.6 Å². The van der Waals surface area contributed by atoms with Crippen molar-refractivity contribution in [1.29, 1.82) is 0 Å². The fraction of sp³-hybridized carbons (Fsp3) is 0.412. The summed E-state index contributed by atoms with van der Waals surface area (Å²) in [4.78, 5) is 0. The average Bonchev–Trinajstić information content (AvgIpc) is 2.91. The molecule has 0 saturated heterocycles. The highest BCUT2D eigenvalue weighted by Crippen LogP contribution is 2.39. The van der Waals surface area contributed by atoms with Crippen molar-refractivity contribution < 1.29 is 4.74 Å². The first-order valence-electron chi connectivity index (χ1n) is 6.75. The van der Waals surface area contributed by atoms with Gasteiger partial charge in [-0.15, -0.1) is 0 Å². The van der Waals surface area contributed by atoms with Crippen molar-refractivity contribution in [2.75, 3.05) is 6.61 Å². The van der Waals surface area contributed by atoms with Crippen LogP contribution in [-0.4, -0.2) is 6.61 Å². The lowest BCUT2D eigenvalue weighted by Crippen LogP contribution is -2.20. The first kappa shape index (κ1) is 12.9. The summed E-state index contributed by atoms with van der Waals surface area (Å²) in [6.07, 6.45) is 8.84. The van der Waals surface area contributed by atoms with Crippen LogP contribution in [0.4, 0.5) is 0 Å². The zero-order valence-corrected chi connectivity index (χ0v) is 11.6. The van der Waals surface area contributed by atoms with Gasteiger partial charge in [-0.1, -0.05) is 57.2 Å². The second kappa shape index (κ2) is 5.43. The van der Waals surface area contributed by atoms with E-state index in [1.807, 2.05) is 6.07 Å². The maximum Gasteiger partial charge on any atom is 0.123 e. The Hall–Kier alpha value is -1.50. The second-order valence-corrected chi connectivity index (χ2v) is 5.27. The van der Waals surface area contributed by atoms with Crippen LogP contribution in [-0.2, 0) is 5.41 Å². The third-order valence-corrected chi connectivity index (χ3v) is 3.52. The van der Waals surface area contributed by atoms with Gasteiger partial charge in [-0.05, 0) is 24.5 Å². The fourth-order valence-electron chi connectivity index (χ4n) is 2.40. The molecule has 0 aromatic heterocycles. The van der Waals surface area contributed by atoms with E-state index in [0.717, 1.165) is 25.2 Å². The third kappa shape index (κ3) is 2.50. The highest BCUT2D eigenvalue weighted by Gasteiger charge is 2.28. The van der Waals surface area contributed by atoms with Crippen molar-refractivity contribution in [3.8, 4) is 5.75 Å². The molecule has 0 atom stereocenters. The molecule has 0 heterocycles. The predicted molar refractivity (Wildman–Crippen MR) is 77.1 cm³/mol. The molecule has 0 saturated carbocycles. The number of para-hydroxylation sites is 1. The number of rotatable bonds is 5. The highest BCUT2D eigenvalue weighted by atomic mass is 16.5. The Bertz CT molecular complexity index is 466. The van der Waals surface area contributed by atoms with Crippen LogP contribution in [0.2, 0.25) is 0 Å². The molecule has 0 aliphatic heterocycles. The van der Waals surface area contributed by atoms with Gasteiger partial charge in [0.25, 0.3) is 0 Å². The minimum Gasteiger partial charge on any atom is -0.493 e. The molecule has 0 radical (unpaired) electrons. The summed E-state index contributed by atoms with van der Waals surface area (Å²) in [6.45, 7) is 7.45. The molecule has 0 unspecified atom stereocenters. The van der Waals surface area contributed by atoms with Gasteiger partial charge in [0.2, 0.25) is 0 Å². The topological polar surface area (TPSA) is 9.23 Å². The van der Waals surface area contributed by atoms with Crippen LogP contribution in [0.1, 0.15) is 39.2 Å². The lowest BCUT2D eigenvalue weighted by molar-refractivity contribution is 0.310. The van der Waals surface area contributed by atoms with Crippen LogP contribution in [0.5, 0.6) is 5.75 Å². The van der Waals surface area contributed by atoms with E-state index in [2.05, 4.69) is 57.2 Å². The monoisotopic (exact) mass is 242 g/mol. The number of allylic oxidation sites excluding steroid dienone is 4. The van der Waals surface area contributed by atoms with Crippen molar-refractivity contribution in [2.45, 2.75) is 39.0 Å². The molecule has 0 spiro atoms. The molecule has 1 heteroatoms. The number of ether oxygens (including phenoxy) is 1. The van der Waals surface area contributed by atoms with Gasteiger partial charge >= 0.3 is 0 Å². The van der Waals surface area contributed by atoms with E-state index in [1.165, 1.54) is 11.1 Å². The summed E-state index contributed by atoms with van der Waals surface area (Å²) >= 11 is 0. The van der Waals surface area contributed by atoms with Gasteiger partial charge in [-0.3, -0.25) is 0 Å². The SMILES string of the molecule is CCCOc1ccccc1C(C)(C)C1=CCC=C1. The highest BCUT2D eigenvalue weighted by molar-refractivity contribution is 5.48. The molecule has 0 bridgehead atoms. The Morgan fingerprint density at radius 2 is 2.00 bits per heavy atom. The Labute approximate surface area is 110 Å².